The van der Waals surface area contributed by atoms with E-state index in [0.717, 1.165) is 14.8 Å². The normalized spacial score (nSPS) is 12.1. The van der Waals surface area contributed by atoms with Gasteiger partial charge in [-0.3, -0.25) is 9.59 Å². The van der Waals surface area contributed by atoms with Gasteiger partial charge in [-0.25, -0.2) is 13.4 Å². The molecule has 34 heavy (non-hydrogen) atoms. The van der Waals surface area contributed by atoms with Crippen LogP contribution in [0.2, 0.25) is 0 Å². The van der Waals surface area contributed by atoms with E-state index >= 15 is 0 Å². The van der Waals surface area contributed by atoms with Crippen LogP contribution in [0.5, 0.6) is 0 Å². The molecule has 0 aliphatic heterocycles. The molecule has 0 saturated carbocycles. The summed E-state index contributed by atoms with van der Waals surface area (Å²) in [4.78, 5) is 28.2. The second kappa shape index (κ2) is 11.4. The highest BCUT2D eigenvalue weighted by Crippen LogP contribution is 2.13. The standard InChI is InChI=1S/C23H23IN4O5S/c24-17-9-12-19(13-10-17)34(32,33)28-20(23(30)31)14-26-22(29)16-7-4-15(5-8-16)6-11-18-2-1-3-21(25)27-18/h1-5,7-10,12-13,20,28H,6,11,14H2,(H2,25,27)(H,26,29)(H,30,31)/i24-2. The molecule has 2 aromatic carbocycles. The molecule has 11 heteroatoms. The first-order chi connectivity index (χ1) is 16.1. The SMILES string of the molecule is Nc1cccc(CCc2ccc(C(=O)NCC(NS(=O)(=O)c3ccc([125I])cc3)C(=O)O)cc2)n1. The van der Waals surface area contributed by atoms with E-state index in [2.05, 4.69) is 15.0 Å². The van der Waals surface area contributed by atoms with Crippen molar-refractivity contribution in [2.45, 2.75) is 23.8 Å². The van der Waals surface area contributed by atoms with E-state index in [1.807, 2.05) is 34.7 Å². The Balaban J connectivity index is 1.57. The average Bonchev–Trinajstić information content (AvgIpc) is 2.80. The number of pyridine rings is 1. The predicted octanol–water partition coefficient (Wildman–Crippen LogP) is 2.22. The zero-order chi connectivity index (χ0) is 24.7. The third-order valence-electron chi connectivity index (χ3n) is 4.90. The molecule has 0 spiro atoms. The minimum atomic E-state index is -4.07. The van der Waals surface area contributed by atoms with Crippen LogP contribution in [0.15, 0.2) is 71.6 Å². The highest BCUT2D eigenvalue weighted by Gasteiger charge is 2.26. The Bertz CT molecular complexity index is 1270. The van der Waals surface area contributed by atoms with E-state index in [9.17, 15) is 23.1 Å². The van der Waals surface area contributed by atoms with Crippen molar-refractivity contribution >= 4 is 50.3 Å². The van der Waals surface area contributed by atoms with Crippen LogP contribution in [0.4, 0.5) is 5.82 Å². The molecule has 1 unspecified atom stereocenters. The second-order valence-corrected chi connectivity index (χ2v) is 10.4. The number of amides is 1. The van der Waals surface area contributed by atoms with Gasteiger partial charge in [0.1, 0.15) is 11.9 Å². The smallest absolute Gasteiger partial charge is 0.323 e. The molecular formula is C23H23IN4O5S. The Morgan fingerprint density at radius 1 is 1.00 bits per heavy atom. The van der Waals surface area contributed by atoms with Crippen LogP contribution in [0.25, 0.3) is 0 Å². The molecule has 0 radical (unpaired) electrons. The molecule has 5 N–H and O–H groups in total. The van der Waals surface area contributed by atoms with Crippen LogP contribution in [0.1, 0.15) is 21.6 Å². The number of hydrogen-bond donors (Lipinski definition) is 4. The van der Waals surface area contributed by atoms with Crippen molar-refractivity contribution in [1.29, 1.82) is 0 Å². The lowest BCUT2D eigenvalue weighted by molar-refractivity contribution is -0.138. The van der Waals surface area contributed by atoms with E-state index in [1.54, 1.807) is 42.5 Å². The van der Waals surface area contributed by atoms with Gasteiger partial charge in [0.2, 0.25) is 10.0 Å². The Labute approximate surface area is 211 Å². The Morgan fingerprint density at radius 2 is 1.68 bits per heavy atom. The fourth-order valence-corrected chi connectivity index (χ4v) is 4.63. The molecule has 1 amide bonds. The first-order valence-electron chi connectivity index (χ1n) is 10.2. The molecule has 0 bridgehead atoms. The van der Waals surface area contributed by atoms with Crippen LogP contribution in [-0.4, -0.2) is 43.0 Å². The summed E-state index contributed by atoms with van der Waals surface area (Å²) >= 11 is 2.03. The number of rotatable bonds is 10. The van der Waals surface area contributed by atoms with Gasteiger partial charge >= 0.3 is 5.97 Å². The summed E-state index contributed by atoms with van der Waals surface area (Å²) in [6.07, 6.45) is 1.40. The van der Waals surface area contributed by atoms with Crippen LogP contribution >= 0.6 is 22.6 Å². The number of carbonyl (C=O) groups excluding carboxylic acids is 1. The summed E-state index contributed by atoms with van der Waals surface area (Å²) in [5.41, 5.74) is 7.88. The molecule has 1 aromatic heterocycles. The molecule has 9 nitrogen and oxygen atoms in total. The number of aryl methyl sites for hydroxylation is 2. The number of aliphatic carboxylic acids is 1. The van der Waals surface area contributed by atoms with Gasteiger partial charge in [-0.2, -0.15) is 4.72 Å². The van der Waals surface area contributed by atoms with Crippen molar-refractivity contribution in [3.05, 3.63) is 87.1 Å². The number of nitrogen functional groups attached to an aromatic ring is 1. The van der Waals surface area contributed by atoms with E-state index in [4.69, 9.17) is 5.73 Å². The first kappa shape index (κ1) is 25.6. The highest BCUT2D eigenvalue weighted by molar-refractivity contribution is 14.1. The zero-order valence-corrected chi connectivity index (χ0v) is 20.9. The monoisotopic (exact) mass is 592 g/mol. The number of halogens is 1. The van der Waals surface area contributed by atoms with Crippen LogP contribution in [0.3, 0.4) is 0 Å². The quantitative estimate of drug-likeness (QED) is 0.264. The van der Waals surface area contributed by atoms with Gasteiger partial charge in [0.05, 0.1) is 4.90 Å². The van der Waals surface area contributed by atoms with Gasteiger partial charge in [0.15, 0.2) is 0 Å². The Hall–Kier alpha value is -3.03. The third-order valence-corrected chi connectivity index (χ3v) is 7.11. The summed E-state index contributed by atoms with van der Waals surface area (Å²) in [7, 11) is -4.07. The summed E-state index contributed by atoms with van der Waals surface area (Å²) < 4.78 is 27.9. The van der Waals surface area contributed by atoms with Gasteiger partial charge < -0.3 is 16.2 Å². The largest absolute Gasteiger partial charge is 0.480 e. The van der Waals surface area contributed by atoms with Crippen LogP contribution in [-0.2, 0) is 27.7 Å². The van der Waals surface area contributed by atoms with Gasteiger partial charge in [-0.05, 0) is 89.5 Å². The van der Waals surface area contributed by atoms with E-state index in [0.29, 0.717) is 24.2 Å². The van der Waals surface area contributed by atoms with Crippen molar-refractivity contribution in [2.75, 3.05) is 12.3 Å². The maximum absolute atomic E-state index is 12.5. The number of hydrogen-bond acceptors (Lipinski definition) is 6. The fraction of sp³-hybridized carbons (Fsp3) is 0.174. The number of benzene rings is 2. The van der Waals surface area contributed by atoms with E-state index in [-0.39, 0.29) is 4.90 Å². The number of nitrogens with one attached hydrogen (secondary N) is 2. The molecule has 1 heterocycles. The predicted molar refractivity (Wildman–Crippen MR) is 136 cm³/mol. The van der Waals surface area contributed by atoms with Crippen molar-refractivity contribution < 1.29 is 23.1 Å². The number of carboxylic acids is 1. The van der Waals surface area contributed by atoms with Gasteiger partial charge in [0.25, 0.3) is 5.91 Å². The molecular weight excluding hydrogens is 569 g/mol. The number of carbonyl (C=O) groups is 2. The summed E-state index contributed by atoms with van der Waals surface area (Å²) in [5, 5.41) is 11.9. The number of carboxylic acid groups (broad SMARTS) is 1. The minimum absolute atomic E-state index is 0.0607. The maximum Gasteiger partial charge on any atom is 0.323 e. The van der Waals surface area contributed by atoms with E-state index < -0.39 is 34.5 Å². The highest BCUT2D eigenvalue weighted by atomic mass is 125. The average molecular weight is 592 g/mol. The van der Waals surface area contributed by atoms with Gasteiger partial charge in [-0.1, -0.05) is 18.2 Å². The summed E-state index contributed by atoms with van der Waals surface area (Å²) in [6.45, 7) is -0.416. The molecule has 178 valence electrons. The molecule has 0 saturated heterocycles. The fourth-order valence-electron chi connectivity index (χ4n) is 3.08. The van der Waals surface area contributed by atoms with Crippen LogP contribution < -0.4 is 15.8 Å². The lowest BCUT2D eigenvalue weighted by Gasteiger charge is -2.16. The van der Waals surface area contributed by atoms with Crippen molar-refractivity contribution in [2.24, 2.45) is 0 Å². The van der Waals surface area contributed by atoms with Crippen molar-refractivity contribution in [1.82, 2.24) is 15.0 Å². The Kier molecular flexibility index (Phi) is 8.58. The maximum atomic E-state index is 12.5. The van der Waals surface area contributed by atoms with Crippen molar-refractivity contribution in [3.8, 4) is 0 Å². The first-order valence-corrected chi connectivity index (χ1v) is 12.8. The number of anilines is 1. The number of aromatic nitrogens is 1. The summed E-state index contributed by atoms with van der Waals surface area (Å²) in [5.74, 6) is -1.45. The number of nitrogens with two attached hydrogens (primary N) is 1. The molecule has 0 aliphatic rings. The minimum Gasteiger partial charge on any atom is -0.480 e. The van der Waals surface area contributed by atoms with Gasteiger partial charge in [0, 0.05) is 21.4 Å². The molecule has 0 fully saturated rings. The molecule has 0 aliphatic carbocycles. The second-order valence-electron chi connectivity index (χ2n) is 7.43. The lowest BCUT2D eigenvalue weighted by Crippen LogP contribution is -2.48. The third kappa shape index (κ3) is 7.23. The zero-order valence-electron chi connectivity index (χ0n) is 17.9. The van der Waals surface area contributed by atoms with E-state index in [1.165, 1.54) is 12.1 Å². The summed E-state index contributed by atoms with van der Waals surface area (Å²) in [6, 6.07) is 16.7. The van der Waals surface area contributed by atoms with Crippen LogP contribution in [0, 0.1) is 3.57 Å². The number of nitrogens with zero attached hydrogens (tertiary/aromatic N) is 1. The molecule has 1 atom stereocenters. The topological polar surface area (TPSA) is 151 Å². The molecule has 3 aromatic rings. The molecule has 3 rings (SSSR count). The van der Waals surface area contributed by atoms with Gasteiger partial charge in [-0.15, -0.1) is 0 Å². The van der Waals surface area contributed by atoms with Crippen molar-refractivity contribution in [3.63, 3.8) is 0 Å². The Morgan fingerprint density at radius 3 is 2.29 bits per heavy atom. The number of sulfonamides is 1. The lowest BCUT2D eigenvalue weighted by atomic mass is 10.1.